The van der Waals surface area contributed by atoms with E-state index in [4.69, 9.17) is 19.9 Å². The lowest BCUT2D eigenvalue weighted by molar-refractivity contribution is -0.182. The molecule has 0 radical (unpaired) electrons. The smallest absolute Gasteiger partial charge is 0.277 e. The van der Waals surface area contributed by atoms with Gasteiger partial charge in [0.1, 0.15) is 6.61 Å². The summed E-state index contributed by atoms with van der Waals surface area (Å²) in [5.41, 5.74) is 0.205. The highest BCUT2D eigenvalue weighted by Crippen LogP contribution is 2.30. The number of aliphatic hydroxyl groups excluding tert-OH is 2. The second kappa shape index (κ2) is 11.9. The number of hydroxylamine groups is 3. The van der Waals surface area contributed by atoms with Crippen molar-refractivity contribution in [3.63, 3.8) is 0 Å². The van der Waals surface area contributed by atoms with Crippen molar-refractivity contribution < 1.29 is 42.6 Å². The topological polar surface area (TPSA) is 120 Å². The van der Waals surface area contributed by atoms with Crippen LogP contribution >= 0.6 is 20.7 Å². The maximum absolute atomic E-state index is 14.9. The van der Waals surface area contributed by atoms with Gasteiger partial charge in [-0.25, -0.2) is 23.7 Å². The Hall–Kier alpha value is -2.33. The van der Waals surface area contributed by atoms with Crippen LogP contribution in [0.4, 0.5) is 18.9 Å². The molecule has 0 aromatic heterocycles. The van der Waals surface area contributed by atoms with Gasteiger partial charge in [-0.15, -0.1) is 0 Å². The summed E-state index contributed by atoms with van der Waals surface area (Å²) in [7, 11) is 1.08. The summed E-state index contributed by atoms with van der Waals surface area (Å²) < 4.78 is 46.7. The van der Waals surface area contributed by atoms with Crippen molar-refractivity contribution >= 4 is 42.2 Å². The van der Waals surface area contributed by atoms with E-state index in [2.05, 4.69) is 5.32 Å². The lowest BCUT2D eigenvalue weighted by atomic mass is 10.1. The lowest BCUT2D eigenvalue weighted by Crippen LogP contribution is -2.32. The molecule has 0 atom stereocenters. The zero-order valence-corrected chi connectivity index (χ0v) is 18.3. The maximum atomic E-state index is 14.9. The number of hydrogen-bond acceptors (Lipinski definition) is 7. The third kappa shape index (κ3) is 6.33. The average Bonchev–Trinajstić information content (AvgIpc) is 2.77. The minimum absolute atomic E-state index is 0.170. The molecule has 2 rings (SSSR count). The first-order valence-corrected chi connectivity index (χ1v) is 11.1. The van der Waals surface area contributed by atoms with Crippen LogP contribution < -0.4 is 10.8 Å². The summed E-state index contributed by atoms with van der Waals surface area (Å²) in [6.45, 7) is -2.26. The Morgan fingerprint density at radius 2 is 1.97 bits per heavy atom. The van der Waals surface area contributed by atoms with E-state index in [1.54, 1.807) is 4.08 Å². The van der Waals surface area contributed by atoms with E-state index in [9.17, 15) is 22.8 Å². The fourth-order valence-electron chi connectivity index (χ4n) is 2.37. The van der Waals surface area contributed by atoms with Gasteiger partial charge in [0.2, 0.25) is 0 Å². The fraction of sp³-hybridized carbons (Fsp3) is 0.278. The fourth-order valence-corrected chi connectivity index (χ4v) is 3.79. The molecule has 1 aromatic carbocycles. The minimum Gasteiger partial charge on any atom is -0.394 e. The molecule has 31 heavy (non-hydrogen) atoms. The SMILES string of the molecule is CON(Cc1cc(C(=O)NOCCO)c(NC2=C(F)C=IC=C2)c(F)c1F)C(=O)CO. The largest absolute Gasteiger partial charge is 0.394 e. The number of allylic oxidation sites excluding steroid dienone is 2. The Morgan fingerprint density at radius 3 is 2.58 bits per heavy atom. The molecule has 1 aliphatic heterocycles. The number of halogens is 4. The quantitative estimate of drug-likeness (QED) is 0.195. The van der Waals surface area contributed by atoms with Crippen molar-refractivity contribution in [1.82, 2.24) is 10.5 Å². The standard InChI is InChI=1S/C18H19F3IN3O6/c1-30-25(14(28)9-27)8-10-6-11(18(29)24-31-5-4-26)17(16(21)15(10)20)23-13-2-3-22-7-12(13)19/h2-3,6-7,23,26-27H,4-5,8-9H2,1H3,(H,24,29). The number of benzene rings is 1. The Kier molecular flexibility index (Phi) is 9.57. The highest BCUT2D eigenvalue weighted by Gasteiger charge is 2.26. The average molecular weight is 557 g/mol. The van der Waals surface area contributed by atoms with Gasteiger partial charge in [-0.3, -0.25) is 19.3 Å². The second-order valence-electron chi connectivity index (χ2n) is 5.77. The van der Waals surface area contributed by atoms with Crippen LogP contribution in [0, 0.1) is 11.6 Å². The normalized spacial score (nSPS) is 13.1. The Morgan fingerprint density at radius 1 is 1.23 bits per heavy atom. The van der Waals surface area contributed by atoms with E-state index in [1.165, 1.54) is 10.1 Å². The zero-order chi connectivity index (χ0) is 23.0. The molecule has 0 spiro atoms. The molecule has 0 aliphatic carbocycles. The number of nitrogens with one attached hydrogen (secondary N) is 2. The first-order chi connectivity index (χ1) is 14.8. The summed E-state index contributed by atoms with van der Waals surface area (Å²) in [6, 6.07) is 0.927. The molecule has 13 heteroatoms. The zero-order valence-electron chi connectivity index (χ0n) is 16.1. The summed E-state index contributed by atoms with van der Waals surface area (Å²) in [6.07, 6.45) is 1.35. The number of amides is 2. The molecule has 4 N–H and O–H groups in total. The molecule has 0 saturated carbocycles. The number of carbonyl (C=O) groups excluding carboxylic acids is 2. The first kappa shape index (κ1) is 24.9. The van der Waals surface area contributed by atoms with Gasteiger partial charge >= 0.3 is 0 Å². The minimum atomic E-state index is -1.51. The summed E-state index contributed by atoms with van der Waals surface area (Å²) >= 11 is -0.641. The molecular formula is C18H19F3IN3O6. The van der Waals surface area contributed by atoms with Gasteiger partial charge in [-0.05, 0) is 16.2 Å². The lowest BCUT2D eigenvalue weighted by Gasteiger charge is -2.21. The van der Waals surface area contributed by atoms with Crippen LogP contribution in [0.5, 0.6) is 0 Å². The third-order valence-electron chi connectivity index (χ3n) is 3.81. The van der Waals surface area contributed by atoms with Crippen LogP contribution in [0.3, 0.4) is 0 Å². The van der Waals surface area contributed by atoms with Crippen LogP contribution in [0.25, 0.3) is 0 Å². The molecule has 1 heterocycles. The van der Waals surface area contributed by atoms with Crippen molar-refractivity contribution in [2.75, 3.05) is 32.2 Å². The van der Waals surface area contributed by atoms with E-state index in [1.807, 2.05) is 5.48 Å². The number of carbonyl (C=O) groups is 2. The molecule has 1 aromatic rings. The van der Waals surface area contributed by atoms with Crippen LogP contribution in [-0.4, -0.2) is 58.0 Å². The van der Waals surface area contributed by atoms with Gasteiger partial charge in [0.25, 0.3) is 11.8 Å². The van der Waals surface area contributed by atoms with E-state index in [0.717, 1.165) is 13.2 Å². The first-order valence-electron chi connectivity index (χ1n) is 8.61. The van der Waals surface area contributed by atoms with Gasteiger partial charge < -0.3 is 15.5 Å². The van der Waals surface area contributed by atoms with E-state index < -0.39 is 86.6 Å². The third-order valence-corrected chi connectivity index (χ3v) is 5.49. The monoisotopic (exact) mass is 557 g/mol. The van der Waals surface area contributed by atoms with Crippen molar-refractivity contribution in [1.29, 1.82) is 0 Å². The number of nitrogens with zero attached hydrogens (tertiary/aromatic N) is 1. The van der Waals surface area contributed by atoms with E-state index in [0.29, 0.717) is 5.06 Å². The van der Waals surface area contributed by atoms with Crippen molar-refractivity contribution in [3.8, 4) is 0 Å². The number of hydrogen-bond donors (Lipinski definition) is 4. The van der Waals surface area contributed by atoms with E-state index in [-0.39, 0.29) is 12.3 Å². The Bertz CT molecular complexity index is 939. The molecule has 0 bridgehead atoms. The molecule has 0 unspecified atom stereocenters. The second-order valence-corrected chi connectivity index (χ2v) is 7.84. The van der Waals surface area contributed by atoms with Gasteiger partial charge in [0.15, 0.2) is 17.5 Å². The van der Waals surface area contributed by atoms with Crippen LogP contribution in [0.2, 0.25) is 0 Å². The summed E-state index contributed by atoms with van der Waals surface area (Å²) in [4.78, 5) is 33.6. The van der Waals surface area contributed by atoms with Gasteiger partial charge in [-0.2, -0.15) is 0 Å². The molecule has 170 valence electrons. The van der Waals surface area contributed by atoms with E-state index >= 15 is 0 Å². The molecule has 1 aliphatic rings. The highest BCUT2D eigenvalue weighted by atomic mass is 127. The van der Waals surface area contributed by atoms with Crippen LogP contribution in [0.1, 0.15) is 15.9 Å². The van der Waals surface area contributed by atoms with Crippen LogP contribution in [0.15, 0.2) is 27.7 Å². The maximum Gasteiger partial charge on any atom is 0.277 e. The molecule has 0 fully saturated rings. The van der Waals surface area contributed by atoms with Gasteiger partial charge in [0, 0.05) is 9.58 Å². The predicted octanol–water partition coefficient (Wildman–Crippen LogP) is 1.39. The summed E-state index contributed by atoms with van der Waals surface area (Å²) in [5, 5.41) is 20.7. The number of rotatable bonds is 10. The molecule has 9 nitrogen and oxygen atoms in total. The molecule has 0 saturated heterocycles. The Labute approximate surface area is 184 Å². The van der Waals surface area contributed by atoms with Crippen molar-refractivity contribution in [3.05, 3.63) is 50.5 Å². The van der Waals surface area contributed by atoms with Crippen molar-refractivity contribution in [2.24, 2.45) is 0 Å². The van der Waals surface area contributed by atoms with Gasteiger partial charge in [0.05, 0.1) is 43.8 Å². The number of aliphatic hydroxyl groups is 2. The summed E-state index contributed by atoms with van der Waals surface area (Å²) in [5.74, 6) is -5.56. The Balaban J connectivity index is 2.51. The van der Waals surface area contributed by atoms with Crippen molar-refractivity contribution in [2.45, 2.75) is 6.54 Å². The molecule has 2 amide bonds. The molecular weight excluding hydrogens is 538 g/mol. The number of anilines is 1. The predicted molar refractivity (Wildman–Crippen MR) is 112 cm³/mol. The highest BCUT2D eigenvalue weighted by molar-refractivity contribution is 14.2. The van der Waals surface area contributed by atoms with Crippen LogP contribution in [-0.2, 0) is 21.0 Å². The van der Waals surface area contributed by atoms with Gasteiger partial charge in [-0.1, -0.05) is 20.7 Å².